The first-order chi connectivity index (χ1) is 6.68. The predicted molar refractivity (Wildman–Crippen MR) is 42.7 cm³/mol. The molecule has 2 aromatic rings. The van der Waals surface area contributed by atoms with Gasteiger partial charge in [-0.05, 0) is 12.1 Å². The van der Waals surface area contributed by atoms with Gasteiger partial charge in [-0.2, -0.15) is 8.78 Å². The molecule has 2 aromatic heterocycles. The van der Waals surface area contributed by atoms with Crippen LogP contribution in [0.25, 0.3) is 10.9 Å². The molecule has 0 bridgehead atoms. The molecule has 13 heavy (non-hydrogen) atoms. The number of hydrogen-bond acceptors (Lipinski definition) is 2. The van der Waals surface area contributed by atoms with Gasteiger partial charge in [0.15, 0.2) is 1.41 Å². The molecular formula is C8H6F2N2O. The number of aromatic nitrogens is 2. The van der Waals surface area contributed by atoms with E-state index in [0.717, 1.165) is 4.98 Å². The lowest BCUT2D eigenvalue weighted by Gasteiger charge is -2.03. The number of aromatic amines is 1. The van der Waals surface area contributed by atoms with E-state index >= 15 is 0 Å². The predicted octanol–water partition coefficient (Wildman–Crippen LogP) is 2.16. The lowest BCUT2D eigenvalue weighted by molar-refractivity contribution is -0.0517. The Morgan fingerprint density at radius 3 is 3.15 bits per heavy atom. The van der Waals surface area contributed by atoms with Crippen molar-refractivity contribution in [3.8, 4) is 5.88 Å². The van der Waals surface area contributed by atoms with Crippen LogP contribution >= 0.6 is 0 Å². The minimum Gasteiger partial charge on any atom is -0.416 e. The number of pyridine rings is 1. The summed E-state index contributed by atoms with van der Waals surface area (Å²) in [4.78, 5) is 4.73. The highest BCUT2D eigenvalue weighted by atomic mass is 19.3. The fraction of sp³-hybridized carbons (Fsp3) is 0.125. The van der Waals surface area contributed by atoms with E-state index < -0.39 is 6.61 Å². The molecular weight excluding hydrogens is 178 g/mol. The van der Waals surface area contributed by atoms with Crippen LogP contribution in [0.15, 0.2) is 24.5 Å². The van der Waals surface area contributed by atoms with Crippen LogP contribution < -0.4 is 4.74 Å². The van der Waals surface area contributed by atoms with Gasteiger partial charge in [0.2, 0.25) is 5.88 Å². The maximum absolute atomic E-state index is 11.9. The molecule has 0 amide bonds. The average molecular weight is 185 g/mol. The van der Waals surface area contributed by atoms with E-state index in [1.165, 1.54) is 18.5 Å². The number of hydrogen-bond donors (Lipinski definition) is 1. The first kappa shape index (κ1) is 6.82. The van der Waals surface area contributed by atoms with E-state index in [1.807, 2.05) is 0 Å². The van der Waals surface area contributed by atoms with Crippen molar-refractivity contribution < 1.29 is 14.9 Å². The van der Waals surface area contributed by atoms with Crippen LogP contribution in [0.2, 0.25) is 1.41 Å². The molecule has 0 spiro atoms. The summed E-state index contributed by atoms with van der Waals surface area (Å²) in [6.07, 6.45) is 2.76. The summed E-state index contributed by atoms with van der Waals surface area (Å²) < 4.78 is 35.4. The van der Waals surface area contributed by atoms with E-state index in [2.05, 4.69) is 9.72 Å². The monoisotopic (exact) mass is 185 g/mol. The standard InChI is InChI=1S/C8H6F2N2O/c9-8(10)13-7-5-1-3-11-6(5)2-4-12-7/h1-4,8,11H/i/hD. The molecule has 0 saturated carbocycles. The summed E-state index contributed by atoms with van der Waals surface area (Å²) in [5.41, 5.74) is 0.482. The zero-order valence-corrected chi connectivity index (χ0v) is 6.45. The van der Waals surface area contributed by atoms with E-state index in [9.17, 15) is 8.78 Å². The van der Waals surface area contributed by atoms with Gasteiger partial charge in [-0.15, -0.1) is 0 Å². The second kappa shape index (κ2) is 3.01. The van der Waals surface area contributed by atoms with Crippen molar-refractivity contribution in [2.45, 2.75) is 6.61 Å². The second-order valence-electron chi connectivity index (χ2n) is 2.37. The average Bonchev–Trinajstić information content (AvgIpc) is 2.49. The number of alkyl halides is 2. The Balaban J connectivity index is 2.54. The number of H-pyrrole nitrogens is 1. The van der Waals surface area contributed by atoms with Gasteiger partial charge in [0.05, 0.1) is 10.9 Å². The number of nitrogens with zero attached hydrogens (tertiary/aromatic N) is 1. The SMILES string of the molecule is [2H]n1ccc2c(OC(F)F)nccc21. The van der Waals surface area contributed by atoms with Crippen molar-refractivity contribution in [3.63, 3.8) is 0 Å². The normalized spacial score (nSPS) is 12.1. The Morgan fingerprint density at radius 1 is 1.54 bits per heavy atom. The van der Waals surface area contributed by atoms with Gasteiger partial charge >= 0.3 is 6.61 Å². The van der Waals surface area contributed by atoms with E-state index in [0.29, 0.717) is 10.9 Å². The minimum atomic E-state index is -2.90. The van der Waals surface area contributed by atoms with Gasteiger partial charge in [-0.25, -0.2) is 4.98 Å². The summed E-state index contributed by atoms with van der Waals surface area (Å²) in [6, 6.07) is 3.06. The Kier molecular flexibility index (Phi) is 1.58. The molecule has 68 valence electrons. The first-order valence-electron chi connectivity index (χ1n) is 4.03. The lowest BCUT2D eigenvalue weighted by Crippen LogP contribution is -2.03. The Hall–Kier alpha value is -1.65. The second-order valence-corrected chi connectivity index (χ2v) is 2.37. The summed E-state index contributed by atoms with van der Waals surface area (Å²) in [6.45, 7) is -2.90. The van der Waals surface area contributed by atoms with Crippen molar-refractivity contribution in [2.75, 3.05) is 0 Å². The maximum atomic E-state index is 11.9. The van der Waals surface area contributed by atoms with Gasteiger partial charge in [-0.1, -0.05) is 0 Å². The molecule has 2 rings (SSSR count). The highest BCUT2D eigenvalue weighted by Crippen LogP contribution is 2.22. The van der Waals surface area contributed by atoms with E-state index in [1.54, 1.807) is 6.07 Å². The molecule has 1 N–H and O–H groups in total. The van der Waals surface area contributed by atoms with Gasteiger partial charge in [0.1, 0.15) is 0 Å². The van der Waals surface area contributed by atoms with Crippen LogP contribution in [0, 0.1) is 0 Å². The molecule has 0 aliphatic rings. The minimum absolute atomic E-state index is 0.150. The van der Waals surface area contributed by atoms with Gasteiger partial charge in [0.25, 0.3) is 0 Å². The molecule has 0 aliphatic carbocycles. The number of nitrogens with one attached hydrogen (secondary N) is 1. The van der Waals surface area contributed by atoms with Gasteiger partial charge in [0, 0.05) is 12.4 Å². The van der Waals surface area contributed by atoms with Crippen LogP contribution in [-0.2, 0) is 0 Å². The van der Waals surface area contributed by atoms with E-state index in [-0.39, 0.29) is 5.88 Å². The molecule has 0 saturated heterocycles. The zero-order valence-electron chi connectivity index (χ0n) is 7.45. The molecule has 0 fully saturated rings. The third-order valence-corrected chi connectivity index (χ3v) is 1.59. The van der Waals surface area contributed by atoms with Crippen molar-refractivity contribution >= 4 is 10.9 Å². The third kappa shape index (κ3) is 1.44. The maximum Gasteiger partial charge on any atom is 0.388 e. The van der Waals surface area contributed by atoms with Crippen molar-refractivity contribution in [1.29, 1.82) is 0 Å². The molecule has 0 unspecified atom stereocenters. The number of rotatable bonds is 2. The molecule has 0 aromatic carbocycles. The van der Waals surface area contributed by atoms with Gasteiger partial charge in [-0.3, -0.25) is 0 Å². The fourth-order valence-electron chi connectivity index (χ4n) is 1.08. The Morgan fingerprint density at radius 2 is 2.38 bits per heavy atom. The van der Waals surface area contributed by atoms with Crippen LogP contribution in [0.4, 0.5) is 8.78 Å². The molecule has 5 heteroatoms. The van der Waals surface area contributed by atoms with Crippen LogP contribution in [0.3, 0.4) is 0 Å². The molecule has 0 radical (unpaired) electrons. The summed E-state index contributed by atoms with van der Waals surface area (Å²) >= 11 is 0. The molecule has 0 aliphatic heterocycles. The van der Waals surface area contributed by atoms with Crippen molar-refractivity contribution in [3.05, 3.63) is 24.5 Å². The Bertz CT molecular complexity index is 458. The fourth-order valence-corrected chi connectivity index (χ4v) is 1.08. The summed E-state index contributed by atoms with van der Waals surface area (Å²) in [5, 5.41) is 0.405. The molecule has 2 heterocycles. The third-order valence-electron chi connectivity index (χ3n) is 1.59. The van der Waals surface area contributed by atoms with Crippen molar-refractivity contribution in [1.82, 2.24) is 9.96 Å². The quantitative estimate of drug-likeness (QED) is 0.778. The largest absolute Gasteiger partial charge is 0.416 e. The first-order valence-corrected chi connectivity index (χ1v) is 3.58. The van der Waals surface area contributed by atoms with E-state index in [4.69, 9.17) is 1.41 Å². The molecule has 0 atom stereocenters. The Labute approximate surface area is 73.8 Å². The topological polar surface area (TPSA) is 37.9 Å². The van der Waals surface area contributed by atoms with Crippen LogP contribution in [0.1, 0.15) is 0 Å². The van der Waals surface area contributed by atoms with Crippen molar-refractivity contribution in [2.24, 2.45) is 0 Å². The summed E-state index contributed by atoms with van der Waals surface area (Å²) in [5.74, 6) is -0.150. The number of ether oxygens (including phenoxy) is 1. The lowest BCUT2D eigenvalue weighted by atomic mass is 10.3. The highest BCUT2D eigenvalue weighted by Gasteiger charge is 2.09. The highest BCUT2D eigenvalue weighted by molar-refractivity contribution is 5.83. The zero-order chi connectivity index (χ0) is 10.1. The van der Waals surface area contributed by atoms with Gasteiger partial charge < -0.3 is 9.71 Å². The van der Waals surface area contributed by atoms with Crippen LogP contribution in [-0.4, -0.2) is 16.6 Å². The number of halogens is 2. The summed E-state index contributed by atoms with van der Waals surface area (Å²) in [7, 11) is 0. The number of fused-ring (bicyclic) bond motifs is 1. The smallest absolute Gasteiger partial charge is 0.388 e. The van der Waals surface area contributed by atoms with Crippen LogP contribution in [0.5, 0.6) is 5.88 Å². The molecule has 3 nitrogen and oxygen atoms in total.